The van der Waals surface area contributed by atoms with Crippen molar-refractivity contribution in [2.24, 2.45) is 0 Å². The highest BCUT2D eigenvalue weighted by atomic mass is 16.5. The van der Waals surface area contributed by atoms with Gasteiger partial charge in [-0.2, -0.15) is 0 Å². The highest BCUT2D eigenvalue weighted by Crippen LogP contribution is 2.33. The first-order chi connectivity index (χ1) is 14.1. The largest absolute Gasteiger partial charge is 0.482 e. The second-order valence-corrected chi connectivity index (χ2v) is 8.21. The maximum Gasteiger partial charge on any atom is 0.265 e. The fourth-order valence-corrected chi connectivity index (χ4v) is 4.45. The zero-order valence-electron chi connectivity index (χ0n) is 16.8. The number of anilines is 1. The van der Waals surface area contributed by atoms with Crippen molar-refractivity contribution in [3.63, 3.8) is 0 Å². The fraction of sp³-hybridized carbons (Fsp3) is 0.591. The van der Waals surface area contributed by atoms with Gasteiger partial charge >= 0.3 is 0 Å². The summed E-state index contributed by atoms with van der Waals surface area (Å²) in [5.41, 5.74) is 1.03. The third-order valence-corrected chi connectivity index (χ3v) is 6.06. The predicted octanol–water partition coefficient (Wildman–Crippen LogP) is 2.49. The molecule has 0 radical (unpaired) electrons. The average Bonchev–Trinajstić information content (AvgIpc) is 3.15. The van der Waals surface area contributed by atoms with Gasteiger partial charge < -0.3 is 15.0 Å². The number of rotatable bonds is 4. The summed E-state index contributed by atoms with van der Waals surface area (Å²) in [5.74, 6) is 0.0738. The van der Waals surface area contributed by atoms with Crippen molar-refractivity contribution in [2.45, 2.75) is 57.4 Å². The van der Waals surface area contributed by atoms with Crippen molar-refractivity contribution in [3.05, 3.63) is 23.8 Å². The summed E-state index contributed by atoms with van der Waals surface area (Å²) >= 11 is 0. The third kappa shape index (κ3) is 4.54. The SMILES string of the molecule is O=C(CN1C(=O)COc2ccc(C(=O)N3CCCC3)cc21)NC1CCCCCC1. The van der Waals surface area contributed by atoms with Gasteiger partial charge in [-0.05, 0) is 43.9 Å². The summed E-state index contributed by atoms with van der Waals surface area (Å²) in [6, 6.07) is 5.33. The van der Waals surface area contributed by atoms with Crippen molar-refractivity contribution in [1.82, 2.24) is 10.2 Å². The van der Waals surface area contributed by atoms with Crippen LogP contribution in [-0.4, -0.2) is 54.9 Å². The Hall–Kier alpha value is -2.57. The van der Waals surface area contributed by atoms with E-state index in [1.165, 1.54) is 17.7 Å². The van der Waals surface area contributed by atoms with E-state index in [4.69, 9.17) is 4.74 Å². The molecule has 1 saturated heterocycles. The van der Waals surface area contributed by atoms with Gasteiger partial charge in [-0.3, -0.25) is 19.3 Å². The molecule has 7 nitrogen and oxygen atoms in total. The minimum absolute atomic E-state index is 0.0359. The molecule has 3 amide bonds. The number of nitrogens with one attached hydrogen (secondary N) is 1. The molecule has 1 aromatic rings. The molecule has 2 heterocycles. The quantitative estimate of drug-likeness (QED) is 0.789. The van der Waals surface area contributed by atoms with Crippen molar-refractivity contribution in [2.75, 3.05) is 31.1 Å². The molecule has 4 rings (SSSR count). The summed E-state index contributed by atoms with van der Waals surface area (Å²) in [5, 5.41) is 3.09. The first kappa shape index (κ1) is 19.7. The summed E-state index contributed by atoms with van der Waals surface area (Å²) in [6.07, 6.45) is 8.72. The van der Waals surface area contributed by atoms with Gasteiger partial charge in [0.15, 0.2) is 6.61 Å². The fourth-order valence-electron chi connectivity index (χ4n) is 4.45. The Morgan fingerprint density at radius 3 is 2.48 bits per heavy atom. The van der Waals surface area contributed by atoms with Crippen molar-refractivity contribution in [3.8, 4) is 5.75 Å². The van der Waals surface area contributed by atoms with Crippen LogP contribution in [-0.2, 0) is 9.59 Å². The van der Waals surface area contributed by atoms with E-state index < -0.39 is 0 Å². The zero-order valence-corrected chi connectivity index (χ0v) is 16.8. The lowest BCUT2D eigenvalue weighted by molar-refractivity contribution is -0.125. The molecule has 0 bridgehead atoms. The van der Waals surface area contributed by atoms with Gasteiger partial charge in [0, 0.05) is 24.7 Å². The van der Waals surface area contributed by atoms with E-state index in [1.54, 1.807) is 18.2 Å². The van der Waals surface area contributed by atoms with E-state index in [0.717, 1.165) is 51.6 Å². The number of benzene rings is 1. The van der Waals surface area contributed by atoms with E-state index in [1.807, 2.05) is 4.90 Å². The first-order valence-electron chi connectivity index (χ1n) is 10.8. The standard InChI is InChI=1S/C22H29N3O4/c26-20(23-17-7-3-1-2-4-8-17)14-25-18-13-16(22(28)24-11-5-6-12-24)9-10-19(18)29-15-21(25)27/h9-10,13,17H,1-8,11-12,14-15H2,(H,23,26). The van der Waals surface area contributed by atoms with Crippen LogP contribution < -0.4 is 15.0 Å². The predicted molar refractivity (Wildman–Crippen MR) is 109 cm³/mol. The van der Waals surface area contributed by atoms with Crippen LogP contribution >= 0.6 is 0 Å². The molecule has 0 unspecified atom stereocenters. The lowest BCUT2D eigenvalue weighted by atomic mass is 10.1. The van der Waals surface area contributed by atoms with Crippen molar-refractivity contribution < 1.29 is 19.1 Å². The van der Waals surface area contributed by atoms with Gasteiger partial charge in [0.2, 0.25) is 5.91 Å². The second kappa shape index (κ2) is 8.84. The molecule has 1 N–H and O–H groups in total. The van der Waals surface area contributed by atoms with Gasteiger partial charge in [0.25, 0.3) is 11.8 Å². The highest BCUT2D eigenvalue weighted by molar-refractivity contribution is 6.04. The molecule has 2 fully saturated rings. The molecular formula is C22H29N3O4. The Labute approximate surface area is 171 Å². The van der Waals surface area contributed by atoms with Gasteiger partial charge in [-0.15, -0.1) is 0 Å². The van der Waals surface area contributed by atoms with Gasteiger partial charge in [-0.25, -0.2) is 0 Å². The molecule has 1 aromatic carbocycles. The van der Waals surface area contributed by atoms with Crippen LogP contribution in [0.25, 0.3) is 0 Å². The lowest BCUT2D eigenvalue weighted by Crippen LogP contribution is -2.47. The Balaban J connectivity index is 1.49. The molecular weight excluding hydrogens is 370 g/mol. The van der Waals surface area contributed by atoms with Crippen LogP contribution in [0.5, 0.6) is 5.75 Å². The number of amides is 3. The van der Waals surface area contributed by atoms with Gasteiger partial charge in [0.1, 0.15) is 12.3 Å². The topological polar surface area (TPSA) is 79.0 Å². The van der Waals surface area contributed by atoms with Gasteiger partial charge in [0.05, 0.1) is 5.69 Å². The van der Waals surface area contributed by atoms with Crippen LogP contribution in [0.1, 0.15) is 61.7 Å². The van der Waals surface area contributed by atoms with Crippen LogP contribution in [0.3, 0.4) is 0 Å². The first-order valence-corrected chi connectivity index (χ1v) is 10.8. The highest BCUT2D eigenvalue weighted by Gasteiger charge is 2.30. The minimum Gasteiger partial charge on any atom is -0.482 e. The molecule has 0 spiro atoms. The molecule has 156 valence electrons. The third-order valence-electron chi connectivity index (χ3n) is 6.06. The van der Waals surface area contributed by atoms with Gasteiger partial charge in [-0.1, -0.05) is 25.7 Å². The van der Waals surface area contributed by atoms with E-state index in [2.05, 4.69) is 5.32 Å². The number of hydrogen-bond acceptors (Lipinski definition) is 4. The number of hydrogen-bond donors (Lipinski definition) is 1. The normalized spacial score (nSPS) is 20.1. The van der Waals surface area contributed by atoms with E-state index >= 15 is 0 Å². The number of carbonyl (C=O) groups excluding carboxylic acids is 3. The van der Waals surface area contributed by atoms with Crippen LogP contribution in [0.4, 0.5) is 5.69 Å². The van der Waals surface area contributed by atoms with Crippen LogP contribution in [0.15, 0.2) is 18.2 Å². The number of nitrogens with zero attached hydrogens (tertiary/aromatic N) is 2. The Morgan fingerprint density at radius 1 is 1.03 bits per heavy atom. The Morgan fingerprint density at radius 2 is 1.76 bits per heavy atom. The van der Waals surface area contributed by atoms with E-state index in [9.17, 15) is 14.4 Å². The maximum absolute atomic E-state index is 12.7. The second-order valence-electron chi connectivity index (χ2n) is 8.21. The van der Waals surface area contributed by atoms with E-state index in [-0.39, 0.29) is 36.9 Å². The van der Waals surface area contributed by atoms with Crippen molar-refractivity contribution >= 4 is 23.4 Å². The molecule has 0 aromatic heterocycles. The summed E-state index contributed by atoms with van der Waals surface area (Å²) in [4.78, 5) is 41.2. The summed E-state index contributed by atoms with van der Waals surface area (Å²) in [6.45, 7) is 1.38. The monoisotopic (exact) mass is 399 g/mol. The average molecular weight is 399 g/mol. The van der Waals surface area contributed by atoms with Crippen LogP contribution in [0, 0.1) is 0 Å². The van der Waals surface area contributed by atoms with E-state index in [0.29, 0.717) is 17.0 Å². The summed E-state index contributed by atoms with van der Waals surface area (Å²) in [7, 11) is 0. The smallest absolute Gasteiger partial charge is 0.265 e. The molecule has 29 heavy (non-hydrogen) atoms. The van der Waals surface area contributed by atoms with Crippen molar-refractivity contribution in [1.29, 1.82) is 0 Å². The molecule has 1 aliphatic carbocycles. The maximum atomic E-state index is 12.7. The Kier molecular flexibility index (Phi) is 6.02. The number of likely N-dealkylation sites (tertiary alicyclic amines) is 1. The number of carbonyl (C=O) groups is 3. The Bertz CT molecular complexity index is 780. The minimum atomic E-state index is -0.265. The molecule has 2 aliphatic heterocycles. The molecule has 3 aliphatic rings. The zero-order chi connectivity index (χ0) is 20.2. The summed E-state index contributed by atoms with van der Waals surface area (Å²) < 4.78 is 5.53. The molecule has 1 saturated carbocycles. The number of fused-ring (bicyclic) bond motifs is 1. The lowest BCUT2D eigenvalue weighted by Gasteiger charge is -2.30. The molecule has 7 heteroatoms. The molecule has 0 atom stereocenters. The number of ether oxygens (including phenoxy) is 1. The van der Waals surface area contributed by atoms with Crippen LogP contribution in [0.2, 0.25) is 0 Å².